The summed E-state index contributed by atoms with van der Waals surface area (Å²) in [4.78, 5) is 2.11. The van der Waals surface area contributed by atoms with Gasteiger partial charge >= 0.3 is 0 Å². The zero-order chi connectivity index (χ0) is 15.2. The first-order valence-corrected chi connectivity index (χ1v) is 6.56. The standard InChI is InChI=1S/C16H19N3O2/c1-19(14-6-4-3-5-7-14)11-13-10-12(16(17)18-20)8-9-15(13)21-2/h3-10,20H,11H2,1-2H3,(H2,17,18). The third kappa shape index (κ3) is 3.45. The van der Waals surface area contributed by atoms with Crippen molar-refractivity contribution < 1.29 is 9.94 Å². The maximum absolute atomic E-state index is 8.79. The molecule has 0 aromatic heterocycles. The quantitative estimate of drug-likeness (QED) is 0.383. The molecule has 0 aliphatic rings. The number of methoxy groups -OCH3 is 1. The SMILES string of the molecule is COc1ccc(/C(N)=N/O)cc1CN(C)c1ccccc1. The fourth-order valence-electron chi connectivity index (χ4n) is 2.15. The van der Waals surface area contributed by atoms with Gasteiger partial charge in [0.25, 0.3) is 0 Å². The summed E-state index contributed by atoms with van der Waals surface area (Å²) < 4.78 is 5.38. The molecule has 110 valence electrons. The number of amidine groups is 1. The van der Waals surface area contributed by atoms with E-state index in [1.165, 1.54) is 0 Å². The molecule has 0 radical (unpaired) electrons. The molecular formula is C16H19N3O2. The summed E-state index contributed by atoms with van der Waals surface area (Å²) in [5, 5.41) is 11.8. The Morgan fingerprint density at radius 1 is 1.24 bits per heavy atom. The van der Waals surface area contributed by atoms with Crippen LogP contribution in [0.2, 0.25) is 0 Å². The van der Waals surface area contributed by atoms with Crippen molar-refractivity contribution in [2.45, 2.75) is 6.54 Å². The minimum Gasteiger partial charge on any atom is -0.496 e. The van der Waals surface area contributed by atoms with Gasteiger partial charge in [-0.3, -0.25) is 0 Å². The van der Waals surface area contributed by atoms with Crippen LogP contribution in [0.15, 0.2) is 53.7 Å². The predicted molar refractivity (Wildman–Crippen MR) is 84.1 cm³/mol. The van der Waals surface area contributed by atoms with Gasteiger partial charge in [0, 0.05) is 30.4 Å². The van der Waals surface area contributed by atoms with Gasteiger partial charge in [0.2, 0.25) is 0 Å². The van der Waals surface area contributed by atoms with E-state index in [-0.39, 0.29) is 5.84 Å². The van der Waals surface area contributed by atoms with Gasteiger partial charge in [-0.05, 0) is 30.3 Å². The molecule has 0 fully saturated rings. The second-order valence-corrected chi connectivity index (χ2v) is 4.70. The number of rotatable bonds is 5. The first-order chi connectivity index (χ1) is 10.2. The zero-order valence-electron chi connectivity index (χ0n) is 12.2. The van der Waals surface area contributed by atoms with Gasteiger partial charge in [0.1, 0.15) is 5.75 Å². The molecule has 2 aromatic rings. The fourth-order valence-corrected chi connectivity index (χ4v) is 2.15. The summed E-state index contributed by atoms with van der Waals surface area (Å²) in [5.41, 5.74) is 8.38. The molecule has 0 saturated heterocycles. The Morgan fingerprint density at radius 2 is 1.95 bits per heavy atom. The van der Waals surface area contributed by atoms with Crippen LogP contribution in [0.4, 0.5) is 5.69 Å². The molecular weight excluding hydrogens is 266 g/mol. The van der Waals surface area contributed by atoms with Crippen molar-refractivity contribution in [1.82, 2.24) is 0 Å². The summed E-state index contributed by atoms with van der Waals surface area (Å²) in [5.74, 6) is 0.855. The van der Waals surface area contributed by atoms with Crippen molar-refractivity contribution in [3.8, 4) is 5.75 Å². The molecule has 5 nitrogen and oxygen atoms in total. The van der Waals surface area contributed by atoms with Crippen LogP contribution in [-0.2, 0) is 6.54 Å². The van der Waals surface area contributed by atoms with E-state index in [1.54, 1.807) is 13.2 Å². The zero-order valence-corrected chi connectivity index (χ0v) is 12.2. The molecule has 0 aliphatic carbocycles. The summed E-state index contributed by atoms with van der Waals surface area (Å²) in [7, 11) is 3.63. The lowest BCUT2D eigenvalue weighted by molar-refractivity contribution is 0.318. The molecule has 0 aliphatic heterocycles. The summed E-state index contributed by atoms with van der Waals surface area (Å²) in [6.45, 7) is 0.653. The third-order valence-corrected chi connectivity index (χ3v) is 3.29. The van der Waals surface area contributed by atoms with Crippen molar-refractivity contribution >= 4 is 11.5 Å². The highest BCUT2D eigenvalue weighted by atomic mass is 16.5. The Hall–Kier alpha value is -2.69. The van der Waals surface area contributed by atoms with E-state index in [9.17, 15) is 0 Å². The van der Waals surface area contributed by atoms with Crippen molar-refractivity contribution in [3.63, 3.8) is 0 Å². The van der Waals surface area contributed by atoms with E-state index in [2.05, 4.69) is 10.1 Å². The van der Waals surface area contributed by atoms with Crippen molar-refractivity contribution in [2.75, 3.05) is 19.1 Å². The van der Waals surface area contributed by atoms with E-state index >= 15 is 0 Å². The lowest BCUT2D eigenvalue weighted by Crippen LogP contribution is -2.18. The van der Waals surface area contributed by atoms with Crippen molar-refractivity contribution in [2.24, 2.45) is 10.9 Å². The van der Waals surface area contributed by atoms with Crippen molar-refractivity contribution in [1.29, 1.82) is 0 Å². The monoisotopic (exact) mass is 285 g/mol. The van der Waals surface area contributed by atoms with Gasteiger partial charge in [-0.1, -0.05) is 23.4 Å². The highest BCUT2D eigenvalue weighted by Gasteiger charge is 2.10. The molecule has 0 unspecified atom stereocenters. The second kappa shape index (κ2) is 6.65. The summed E-state index contributed by atoms with van der Waals surface area (Å²) >= 11 is 0. The topological polar surface area (TPSA) is 71.1 Å². The molecule has 0 bridgehead atoms. The number of oxime groups is 1. The average Bonchev–Trinajstić information content (AvgIpc) is 2.54. The number of nitrogens with zero attached hydrogens (tertiary/aromatic N) is 2. The molecule has 2 aromatic carbocycles. The molecule has 2 rings (SSSR count). The Morgan fingerprint density at radius 3 is 2.57 bits per heavy atom. The van der Waals surface area contributed by atoms with Gasteiger partial charge in [-0.25, -0.2) is 0 Å². The Bertz CT molecular complexity index is 627. The van der Waals surface area contributed by atoms with Crippen LogP contribution < -0.4 is 15.4 Å². The van der Waals surface area contributed by atoms with Crippen molar-refractivity contribution in [3.05, 3.63) is 59.7 Å². The molecule has 21 heavy (non-hydrogen) atoms. The normalized spacial score (nSPS) is 11.2. The van der Waals surface area contributed by atoms with Gasteiger partial charge < -0.3 is 20.6 Å². The smallest absolute Gasteiger partial charge is 0.170 e. The van der Waals surface area contributed by atoms with Crippen LogP contribution in [-0.4, -0.2) is 25.2 Å². The molecule has 0 atom stereocenters. The maximum atomic E-state index is 8.79. The largest absolute Gasteiger partial charge is 0.496 e. The lowest BCUT2D eigenvalue weighted by Gasteiger charge is -2.21. The van der Waals surface area contributed by atoms with E-state index < -0.39 is 0 Å². The first-order valence-electron chi connectivity index (χ1n) is 6.56. The maximum Gasteiger partial charge on any atom is 0.170 e. The highest BCUT2D eigenvalue weighted by molar-refractivity contribution is 5.97. The molecule has 0 amide bonds. The van der Waals surface area contributed by atoms with Crippen LogP contribution >= 0.6 is 0 Å². The minimum absolute atomic E-state index is 0.0845. The number of hydrogen-bond acceptors (Lipinski definition) is 4. The number of anilines is 1. The van der Waals surface area contributed by atoms with E-state index in [4.69, 9.17) is 15.7 Å². The number of benzene rings is 2. The third-order valence-electron chi connectivity index (χ3n) is 3.29. The van der Waals surface area contributed by atoms with Gasteiger partial charge in [0.15, 0.2) is 5.84 Å². The number of hydrogen-bond donors (Lipinski definition) is 2. The molecule has 5 heteroatoms. The number of nitrogens with two attached hydrogens (primary N) is 1. The number of ether oxygens (including phenoxy) is 1. The van der Waals surface area contributed by atoms with Crippen LogP contribution in [0.1, 0.15) is 11.1 Å². The molecule has 0 spiro atoms. The van der Waals surface area contributed by atoms with Gasteiger partial charge in [-0.15, -0.1) is 0 Å². The van der Waals surface area contributed by atoms with E-state index in [1.807, 2.05) is 49.5 Å². The summed E-state index contributed by atoms with van der Waals surface area (Å²) in [6, 6.07) is 15.5. The number of para-hydroxylation sites is 1. The van der Waals surface area contributed by atoms with Gasteiger partial charge in [-0.2, -0.15) is 0 Å². The average molecular weight is 285 g/mol. The molecule has 3 N–H and O–H groups in total. The van der Waals surface area contributed by atoms with E-state index in [0.29, 0.717) is 12.1 Å². The summed E-state index contributed by atoms with van der Waals surface area (Å²) in [6.07, 6.45) is 0. The lowest BCUT2D eigenvalue weighted by atomic mass is 10.1. The van der Waals surface area contributed by atoms with Crippen LogP contribution in [0, 0.1) is 0 Å². The van der Waals surface area contributed by atoms with Crippen LogP contribution in [0.25, 0.3) is 0 Å². The Balaban J connectivity index is 2.29. The second-order valence-electron chi connectivity index (χ2n) is 4.70. The van der Waals surface area contributed by atoms with Crippen LogP contribution in [0.3, 0.4) is 0 Å². The molecule has 0 saturated carbocycles. The van der Waals surface area contributed by atoms with Crippen LogP contribution in [0.5, 0.6) is 5.75 Å². The minimum atomic E-state index is 0.0845. The fraction of sp³-hybridized carbons (Fsp3) is 0.188. The molecule has 0 heterocycles. The first kappa shape index (κ1) is 14.7. The predicted octanol–water partition coefficient (Wildman–Crippen LogP) is 2.43. The Labute approximate surface area is 124 Å². The van der Waals surface area contributed by atoms with Gasteiger partial charge in [0.05, 0.1) is 7.11 Å². The Kier molecular flexibility index (Phi) is 4.66. The highest BCUT2D eigenvalue weighted by Crippen LogP contribution is 2.23. The van der Waals surface area contributed by atoms with E-state index in [0.717, 1.165) is 17.0 Å².